The Kier molecular flexibility index (Phi) is 7.28. The maximum Gasteiger partial charge on any atom is 0.233 e. The second-order valence-corrected chi connectivity index (χ2v) is 6.65. The average molecular weight is 359 g/mol. The van der Waals surface area contributed by atoms with Crippen molar-refractivity contribution < 1.29 is 14.3 Å². The van der Waals surface area contributed by atoms with E-state index in [0.29, 0.717) is 5.82 Å². The second kappa shape index (κ2) is 9.68. The highest BCUT2D eigenvalue weighted by atomic mass is 32.2. The van der Waals surface area contributed by atoms with Crippen molar-refractivity contribution in [1.82, 2.24) is 10.3 Å². The van der Waals surface area contributed by atoms with Gasteiger partial charge in [-0.25, -0.2) is 4.98 Å². The topological polar surface area (TPSA) is 80.3 Å². The molecule has 0 aliphatic heterocycles. The van der Waals surface area contributed by atoms with Gasteiger partial charge in [-0.05, 0) is 43.3 Å². The van der Waals surface area contributed by atoms with Gasteiger partial charge in [0.1, 0.15) is 11.6 Å². The number of nitrogens with zero attached hydrogens (tertiary/aromatic N) is 1. The first-order chi connectivity index (χ1) is 12.1. The first-order valence-corrected chi connectivity index (χ1v) is 8.76. The van der Waals surface area contributed by atoms with Crippen molar-refractivity contribution in [2.45, 2.75) is 23.5 Å². The Bertz CT molecular complexity index is 692. The number of pyridine rings is 1. The zero-order chi connectivity index (χ0) is 18.1. The summed E-state index contributed by atoms with van der Waals surface area (Å²) in [4.78, 5) is 28.9. The quantitative estimate of drug-likeness (QED) is 0.709. The summed E-state index contributed by atoms with van der Waals surface area (Å²) in [5.74, 6) is 0.989. The number of hydrogen-bond donors (Lipinski definition) is 2. The van der Waals surface area contributed by atoms with E-state index in [1.165, 1.54) is 11.8 Å². The molecule has 0 saturated heterocycles. The van der Waals surface area contributed by atoms with Gasteiger partial charge in [-0.15, -0.1) is 11.8 Å². The van der Waals surface area contributed by atoms with E-state index < -0.39 is 0 Å². The summed E-state index contributed by atoms with van der Waals surface area (Å²) in [7, 11) is 1.61. The molecule has 1 heterocycles. The van der Waals surface area contributed by atoms with Gasteiger partial charge in [0.15, 0.2) is 0 Å². The minimum absolute atomic E-state index is 0.105. The van der Waals surface area contributed by atoms with Crippen LogP contribution in [-0.2, 0) is 9.59 Å². The van der Waals surface area contributed by atoms with Crippen molar-refractivity contribution in [3.63, 3.8) is 0 Å². The molecule has 6 nitrogen and oxygen atoms in total. The number of methoxy groups -OCH3 is 1. The summed E-state index contributed by atoms with van der Waals surface area (Å²) >= 11 is 1.45. The number of rotatable bonds is 8. The van der Waals surface area contributed by atoms with Crippen LogP contribution in [0.25, 0.3) is 0 Å². The van der Waals surface area contributed by atoms with Gasteiger partial charge in [-0.3, -0.25) is 9.59 Å². The van der Waals surface area contributed by atoms with Crippen LogP contribution in [0.4, 0.5) is 5.82 Å². The number of hydrogen-bond acceptors (Lipinski definition) is 5. The Labute approximate surface area is 151 Å². The normalized spacial score (nSPS) is 11.4. The monoisotopic (exact) mass is 359 g/mol. The van der Waals surface area contributed by atoms with E-state index in [9.17, 15) is 9.59 Å². The average Bonchev–Trinajstić information content (AvgIpc) is 2.63. The van der Waals surface area contributed by atoms with Crippen molar-refractivity contribution >= 4 is 29.4 Å². The minimum Gasteiger partial charge on any atom is -0.497 e. The summed E-state index contributed by atoms with van der Waals surface area (Å²) in [5, 5.41) is 5.20. The third kappa shape index (κ3) is 6.46. The summed E-state index contributed by atoms with van der Waals surface area (Å²) in [6.07, 6.45) is 1.80. The van der Waals surface area contributed by atoms with Crippen molar-refractivity contribution in [1.29, 1.82) is 0 Å². The molecule has 1 aromatic carbocycles. The van der Waals surface area contributed by atoms with Gasteiger partial charge in [-0.2, -0.15) is 0 Å². The first-order valence-electron chi connectivity index (χ1n) is 7.88. The molecule has 0 aliphatic rings. The molecule has 1 aromatic heterocycles. The van der Waals surface area contributed by atoms with Crippen molar-refractivity contribution in [3.8, 4) is 5.75 Å². The number of anilines is 1. The Morgan fingerprint density at radius 2 is 1.96 bits per heavy atom. The van der Waals surface area contributed by atoms with Gasteiger partial charge in [-0.1, -0.05) is 6.07 Å². The van der Waals surface area contributed by atoms with Crippen LogP contribution < -0.4 is 15.4 Å². The largest absolute Gasteiger partial charge is 0.497 e. The first kappa shape index (κ1) is 18.8. The number of thioether (sulfide) groups is 1. The van der Waals surface area contributed by atoms with Crippen molar-refractivity contribution in [2.24, 2.45) is 0 Å². The van der Waals surface area contributed by atoms with E-state index in [-0.39, 0.29) is 30.0 Å². The molecule has 0 bridgehead atoms. The molecule has 1 atom stereocenters. The zero-order valence-corrected chi connectivity index (χ0v) is 15.0. The number of ether oxygens (including phenoxy) is 1. The maximum absolute atomic E-state index is 12.1. The SMILES string of the molecule is COc1ccc(S[C@H](C)C(=O)NCCC(=O)Nc2ccccn2)cc1. The molecule has 0 spiro atoms. The van der Waals surface area contributed by atoms with E-state index in [1.807, 2.05) is 31.2 Å². The molecular weight excluding hydrogens is 338 g/mol. The van der Waals surface area contributed by atoms with E-state index in [4.69, 9.17) is 4.74 Å². The lowest BCUT2D eigenvalue weighted by Crippen LogP contribution is -2.33. The van der Waals surface area contributed by atoms with Crippen LogP contribution in [0.2, 0.25) is 0 Å². The number of nitrogens with one attached hydrogen (secondary N) is 2. The highest BCUT2D eigenvalue weighted by Gasteiger charge is 2.14. The Balaban J connectivity index is 1.70. The molecule has 7 heteroatoms. The second-order valence-electron chi connectivity index (χ2n) is 5.24. The van der Waals surface area contributed by atoms with Crippen LogP contribution in [0.15, 0.2) is 53.6 Å². The molecule has 2 aromatic rings. The lowest BCUT2D eigenvalue weighted by atomic mass is 10.3. The summed E-state index contributed by atoms with van der Waals surface area (Å²) in [6, 6.07) is 12.8. The molecule has 2 N–H and O–H groups in total. The molecule has 25 heavy (non-hydrogen) atoms. The Morgan fingerprint density at radius 1 is 1.20 bits per heavy atom. The van der Waals surface area contributed by atoms with Gasteiger partial charge in [0, 0.05) is 24.1 Å². The summed E-state index contributed by atoms with van der Waals surface area (Å²) in [5.41, 5.74) is 0. The van der Waals surface area contributed by atoms with E-state index in [0.717, 1.165) is 10.6 Å². The molecule has 0 fully saturated rings. The number of carbonyl (C=O) groups excluding carboxylic acids is 2. The predicted molar refractivity (Wildman–Crippen MR) is 98.8 cm³/mol. The van der Waals surface area contributed by atoms with Crippen LogP contribution in [0.1, 0.15) is 13.3 Å². The van der Waals surface area contributed by atoms with E-state index in [1.54, 1.807) is 31.5 Å². The smallest absolute Gasteiger partial charge is 0.233 e. The number of amides is 2. The highest BCUT2D eigenvalue weighted by molar-refractivity contribution is 8.00. The Morgan fingerprint density at radius 3 is 2.60 bits per heavy atom. The van der Waals surface area contributed by atoms with Gasteiger partial charge in [0.05, 0.1) is 12.4 Å². The van der Waals surface area contributed by atoms with Gasteiger partial charge >= 0.3 is 0 Å². The fraction of sp³-hybridized carbons (Fsp3) is 0.278. The molecule has 0 saturated carbocycles. The van der Waals surface area contributed by atoms with Crippen LogP contribution in [0, 0.1) is 0 Å². The Hall–Kier alpha value is -2.54. The van der Waals surface area contributed by atoms with Crippen LogP contribution in [0.5, 0.6) is 5.75 Å². The van der Waals surface area contributed by atoms with Gasteiger partial charge < -0.3 is 15.4 Å². The minimum atomic E-state index is -0.257. The molecular formula is C18H21N3O3S. The van der Waals surface area contributed by atoms with Crippen molar-refractivity contribution in [3.05, 3.63) is 48.7 Å². The molecule has 0 aliphatic carbocycles. The van der Waals surface area contributed by atoms with Crippen molar-refractivity contribution in [2.75, 3.05) is 19.0 Å². The van der Waals surface area contributed by atoms with Gasteiger partial charge in [0.25, 0.3) is 0 Å². The third-order valence-corrected chi connectivity index (χ3v) is 4.44. The fourth-order valence-corrected chi connectivity index (χ4v) is 2.89. The molecule has 2 rings (SSSR count). The lowest BCUT2D eigenvalue weighted by molar-refractivity contribution is -0.120. The van der Waals surface area contributed by atoms with Crippen LogP contribution >= 0.6 is 11.8 Å². The zero-order valence-electron chi connectivity index (χ0n) is 14.2. The molecule has 2 amide bonds. The van der Waals surface area contributed by atoms with Crippen LogP contribution in [-0.4, -0.2) is 35.7 Å². The predicted octanol–water partition coefficient (Wildman–Crippen LogP) is 2.72. The summed E-state index contributed by atoms with van der Waals surface area (Å²) in [6.45, 7) is 2.11. The number of benzene rings is 1. The number of carbonyl (C=O) groups is 2. The highest BCUT2D eigenvalue weighted by Crippen LogP contribution is 2.25. The maximum atomic E-state index is 12.1. The lowest BCUT2D eigenvalue weighted by Gasteiger charge is -2.12. The third-order valence-electron chi connectivity index (χ3n) is 3.33. The van der Waals surface area contributed by atoms with E-state index >= 15 is 0 Å². The molecule has 132 valence electrons. The summed E-state index contributed by atoms with van der Waals surface area (Å²) < 4.78 is 5.11. The van der Waals surface area contributed by atoms with E-state index in [2.05, 4.69) is 15.6 Å². The molecule has 0 unspecified atom stereocenters. The number of aromatic nitrogens is 1. The molecule has 0 radical (unpaired) electrons. The fourth-order valence-electron chi connectivity index (χ4n) is 2.00. The van der Waals surface area contributed by atoms with Gasteiger partial charge in [0.2, 0.25) is 11.8 Å². The standard InChI is InChI=1S/C18H21N3O3S/c1-13(25-15-8-6-14(24-2)7-9-15)18(23)20-12-10-17(22)21-16-5-3-4-11-19-16/h3-9,11,13H,10,12H2,1-2H3,(H,20,23)(H,19,21,22)/t13-/m1/s1. The van der Waals surface area contributed by atoms with Crippen LogP contribution in [0.3, 0.4) is 0 Å².